The normalized spacial score (nSPS) is 11.1. The second kappa shape index (κ2) is 8.90. The molecule has 0 aliphatic rings. The average Bonchev–Trinajstić information content (AvgIpc) is 2.74. The van der Waals surface area contributed by atoms with Crippen molar-refractivity contribution in [2.75, 3.05) is 19.5 Å². The van der Waals surface area contributed by atoms with Gasteiger partial charge in [0.05, 0.1) is 37.5 Å². The average molecular weight is 433 g/mol. The smallest absolute Gasteiger partial charge is 0.416 e. The summed E-state index contributed by atoms with van der Waals surface area (Å²) in [5.41, 5.74) is -0.648. The van der Waals surface area contributed by atoms with Crippen molar-refractivity contribution in [2.24, 2.45) is 0 Å². The number of nitrogens with zero attached hydrogens (tertiary/aromatic N) is 2. The van der Waals surface area contributed by atoms with Crippen LogP contribution in [0.15, 0.2) is 59.7 Å². The predicted molar refractivity (Wildman–Crippen MR) is 107 cm³/mol. The Balaban J connectivity index is 1.81. The summed E-state index contributed by atoms with van der Waals surface area (Å²) in [6.45, 7) is -0.447. The van der Waals surface area contributed by atoms with Crippen molar-refractivity contribution < 1.29 is 27.4 Å². The van der Waals surface area contributed by atoms with Crippen molar-refractivity contribution in [3.8, 4) is 22.8 Å². The highest BCUT2D eigenvalue weighted by Gasteiger charge is 2.31. The number of halogens is 3. The maximum absolute atomic E-state index is 13.0. The van der Waals surface area contributed by atoms with Crippen LogP contribution < -0.4 is 20.3 Å². The third-order valence-corrected chi connectivity index (χ3v) is 4.38. The molecule has 2 aromatic carbocycles. The maximum Gasteiger partial charge on any atom is 0.416 e. The van der Waals surface area contributed by atoms with Gasteiger partial charge in [-0.3, -0.25) is 14.2 Å². The fourth-order valence-electron chi connectivity index (χ4n) is 2.87. The summed E-state index contributed by atoms with van der Waals surface area (Å²) in [5.74, 6) is -0.133. The molecule has 10 heteroatoms. The van der Waals surface area contributed by atoms with Crippen LogP contribution >= 0.6 is 0 Å². The standard InChI is InChI=1S/C21H18F3N3O4/c1-30-17-6-4-3-5-14(17)15-10-20(29)27(12-25-15)11-19(28)26-16-9-13(21(22,23)24)7-8-18(16)31-2/h3-10,12H,11H2,1-2H3,(H,26,28). The summed E-state index contributed by atoms with van der Waals surface area (Å²) in [7, 11) is 2.76. The molecule has 0 spiro atoms. The Morgan fingerprint density at radius 3 is 2.42 bits per heavy atom. The first kappa shape index (κ1) is 21.9. The van der Waals surface area contributed by atoms with Gasteiger partial charge in [-0.15, -0.1) is 0 Å². The number of benzene rings is 2. The van der Waals surface area contributed by atoms with Gasteiger partial charge >= 0.3 is 6.18 Å². The summed E-state index contributed by atoms with van der Waals surface area (Å²) < 4.78 is 50.2. The zero-order chi connectivity index (χ0) is 22.6. The fraction of sp³-hybridized carbons (Fsp3) is 0.190. The van der Waals surface area contributed by atoms with Gasteiger partial charge in [-0.1, -0.05) is 12.1 Å². The van der Waals surface area contributed by atoms with Gasteiger partial charge in [0, 0.05) is 11.6 Å². The quantitative estimate of drug-likeness (QED) is 0.643. The molecule has 0 radical (unpaired) electrons. The minimum atomic E-state index is -4.58. The Hall–Kier alpha value is -3.82. The zero-order valence-electron chi connectivity index (χ0n) is 16.6. The van der Waals surface area contributed by atoms with E-state index in [9.17, 15) is 22.8 Å². The summed E-state index contributed by atoms with van der Waals surface area (Å²) in [5, 5.41) is 2.34. The fourth-order valence-corrected chi connectivity index (χ4v) is 2.87. The Kier molecular flexibility index (Phi) is 6.28. The Morgan fingerprint density at radius 1 is 1.06 bits per heavy atom. The summed E-state index contributed by atoms with van der Waals surface area (Å²) in [6.07, 6.45) is -3.39. The van der Waals surface area contributed by atoms with E-state index in [1.807, 2.05) is 0 Å². The molecule has 1 aromatic heterocycles. The van der Waals surface area contributed by atoms with Gasteiger partial charge in [-0.05, 0) is 30.3 Å². The number of hydrogen-bond acceptors (Lipinski definition) is 5. The van der Waals surface area contributed by atoms with Crippen LogP contribution in [0.2, 0.25) is 0 Å². The molecule has 0 fully saturated rings. The van der Waals surface area contributed by atoms with Gasteiger partial charge in [0.25, 0.3) is 5.56 Å². The topological polar surface area (TPSA) is 82.4 Å². The number of methoxy groups -OCH3 is 2. The number of hydrogen-bond donors (Lipinski definition) is 1. The SMILES string of the molecule is COc1ccc(C(F)(F)F)cc1NC(=O)Cn1cnc(-c2ccccc2OC)cc1=O. The lowest BCUT2D eigenvalue weighted by molar-refractivity contribution is -0.137. The molecule has 1 amide bonds. The van der Waals surface area contributed by atoms with Crippen LogP contribution in [0.25, 0.3) is 11.3 Å². The van der Waals surface area contributed by atoms with Crippen molar-refractivity contribution in [1.82, 2.24) is 9.55 Å². The van der Waals surface area contributed by atoms with Crippen LogP contribution in [0.3, 0.4) is 0 Å². The third kappa shape index (κ3) is 5.03. The molecule has 0 saturated carbocycles. The molecular formula is C21H18F3N3O4. The van der Waals surface area contributed by atoms with E-state index in [4.69, 9.17) is 9.47 Å². The molecular weight excluding hydrogens is 415 g/mol. The van der Waals surface area contributed by atoms with Gasteiger partial charge in [0.1, 0.15) is 18.0 Å². The minimum Gasteiger partial charge on any atom is -0.496 e. The van der Waals surface area contributed by atoms with E-state index < -0.39 is 29.8 Å². The highest BCUT2D eigenvalue weighted by Crippen LogP contribution is 2.35. The van der Waals surface area contributed by atoms with Gasteiger partial charge in [-0.25, -0.2) is 4.98 Å². The van der Waals surface area contributed by atoms with Crippen LogP contribution in [0.5, 0.6) is 11.5 Å². The summed E-state index contributed by atoms with van der Waals surface area (Å²) in [6, 6.07) is 11.0. The first-order chi connectivity index (χ1) is 14.7. The molecule has 1 heterocycles. The van der Waals surface area contributed by atoms with Crippen LogP contribution in [0.4, 0.5) is 18.9 Å². The number of alkyl halides is 3. The number of rotatable bonds is 6. The Bertz CT molecular complexity index is 1160. The van der Waals surface area contributed by atoms with Crippen molar-refractivity contribution in [3.05, 3.63) is 70.8 Å². The van der Waals surface area contributed by atoms with E-state index in [-0.39, 0.29) is 11.4 Å². The first-order valence-corrected chi connectivity index (χ1v) is 8.98. The lowest BCUT2D eigenvalue weighted by Crippen LogP contribution is -2.27. The summed E-state index contributed by atoms with van der Waals surface area (Å²) >= 11 is 0. The lowest BCUT2D eigenvalue weighted by atomic mass is 10.1. The van der Waals surface area contributed by atoms with Gasteiger partial charge < -0.3 is 14.8 Å². The number of para-hydroxylation sites is 1. The molecule has 0 bridgehead atoms. The molecule has 0 aliphatic carbocycles. The lowest BCUT2D eigenvalue weighted by Gasteiger charge is -2.14. The Morgan fingerprint density at radius 2 is 1.77 bits per heavy atom. The summed E-state index contributed by atoms with van der Waals surface area (Å²) in [4.78, 5) is 29.0. The first-order valence-electron chi connectivity index (χ1n) is 8.98. The molecule has 31 heavy (non-hydrogen) atoms. The van der Waals surface area contributed by atoms with Crippen LogP contribution in [-0.4, -0.2) is 29.7 Å². The van der Waals surface area contributed by atoms with E-state index in [2.05, 4.69) is 10.3 Å². The van der Waals surface area contributed by atoms with Crippen molar-refractivity contribution in [2.45, 2.75) is 12.7 Å². The van der Waals surface area contributed by atoms with E-state index >= 15 is 0 Å². The van der Waals surface area contributed by atoms with Crippen LogP contribution in [-0.2, 0) is 17.5 Å². The molecule has 0 unspecified atom stereocenters. The second-order valence-electron chi connectivity index (χ2n) is 6.40. The van der Waals surface area contributed by atoms with E-state index in [1.165, 1.54) is 26.6 Å². The zero-order valence-corrected chi connectivity index (χ0v) is 16.6. The van der Waals surface area contributed by atoms with Crippen molar-refractivity contribution >= 4 is 11.6 Å². The van der Waals surface area contributed by atoms with Crippen LogP contribution in [0.1, 0.15) is 5.56 Å². The number of aromatic nitrogens is 2. The number of nitrogens with one attached hydrogen (secondary N) is 1. The van der Waals surface area contributed by atoms with Crippen molar-refractivity contribution in [1.29, 1.82) is 0 Å². The van der Waals surface area contributed by atoms with E-state index in [0.29, 0.717) is 17.0 Å². The molecule has 3 aromatic rings. The minimum absolute atomic E-state index is 0.0540. The molecule has 7 nitrogen and oxygen atoms in total. The molecule has 3 rings (SSSR count). The highest BCUT2D eigenvalue weighted by atomic mass is 19.4. The molecule has 0 saturated heterocycles. The van der Waals surface area contributed by atoms with E-state index in [0.717, 1.165) is 22.8 Å². The maximum atomic E-state index is 13.0. The largest absolute Gasteiger partial charge is 0.496 e. The van der Waals surface area contributed by atoms with Crippen molar-refractivity contribution in [3.63, 3.8) is 0 Å². The van der Waals surface area contributed by atoms with Gasteiger partial charge in [-0.2, -0.15) is 13.2 Å². The molecule has 0 aliphatic heterocycles. The Labute approximate surface area is 175 Å². The van der Waals surface area contributed by atoms with Crippen LogP contribution in [0, 0.1) is 0 Å². The molecule has 162 valence electrons. The highest BCUT2D eigenvalue weighted by molar-refractivity contribution is 5.92. The number of anilines is 1. The number of amides is 1. The van der Waals surface area contributed by atoms with Gasteiger partial charge in [0.2, 0.25) is 5.91 Å². The molecule has 0 atom stereocenters. The number of ether oxygens (including phenoxy) is 2. The number of carbonyl (C=O) groups excluding carboxylic acids is 1. The predicted octanol–water partition coefficient (Wildman–Crippen LogP) is 3.59. The second-order valence-corrected chi connectivity index (χ2v) is 6.40. The molecule has 1 N–H and O–H groups in total. The number of carbonyl (C=O) groups is 1. The monoisotopic (exact) mass is 433 g/mol. The van der Waals surface area contributed by atoms with Gasteiger partial charge in [0.15, 0.2) is 0 Å². The van der Waals surface area contributed by atoms with E-state index in [1.54, 1.807) is 24.3 Å². The third-order valence-electron chi connectivity index (χ3n) is 4.38.